The molecule has 2 heterocycles. The van der Waals surface area contributed by atoms with Gasteiger partial charge in [-0.15, -0.1) is 0 Å². The van der Waals surface area contributed by atoms with Gasteiger partial charge in [-0.25, -0.2) is 4.39 Å². The molecule has 4 nitrogen and oxygen atoms in total. The number of amides is 1. The normalized spacial score (nSPS) is 26.3. The fourth-order valence-electron chi connectivity index (χ4n) is 3.68. The maximum Gasteiger partial charge on any atom is 0.227 e. The van der Waals surface area contributed by atoms with E-state index in [4.69, 9.17) is 0 Å². The average Bonchev–Trinajstić information content (AvgIpc) is 2.54. The van der Waals surface area contributed by atoms with Crippen LogP contribution in [0.15, 0.2) is 24.3 Å². The van der Waals surface area contributed by atoms with E-state index in [0.29, 0.717) is 11.9 Å². The van der Waals surface area contributed by atoms with E-state index in [-0.39, 0.29) is 11.7 Å². The summed E-state index contributed by atoms with van der Waals surface area (Å²) in [5.74, 6) is 0.187. The highest BCUT2D eigenvalue weighted by atomic mass is 19.1. The van der Waals surface area contributed by atoms with Gasteiger partial charge in [-0.3, -0.25) is 9.69 Å². The van der Waals surface area contributed by atoms with Crippen LogP contribution in [0.1, 0.15) is 25.3 Å². The summed E-state index contributed by atoms with van der Waals surface area (Å²) in [6.07, 6.45) is 2.00. The molecule has 0 aromatic heterocycles. The van der Waals surface area contributed by atoms with Gasteiger partial charge in [0, 0.05) is 38.8 Å². The third-order valence-electron chi connectivity index (χ3n) is 4.83. The second kappa shape index (κ2) is 7.41. The maximum absolute atomic E-state index is 13.3. The second-order valence-electron chi connectivity index (χ2n) is 6.84. The largest absolute Gasteiger partial charge is 0.340 e. The predicted molar refractivity (Wildman–Crippen MR) is 88.4 cm³/mol. The molecule has 2 atom stereocenters. The highest BCUT2D eigenvalue weighted by Crippen LogP contribution is 2.21. The molecule has 5 heteroatoms. The van der Waals surface area contributed by atoms with Gasteiger partial charge in [-0.05, 0) is 44.0 Å². The molecule has 2 aliphatic rings. The number of piperidine rings is 1. The van der Waals surface area contributed by atoms with E-state index in [0.717, 1.165) is 57.7 Å². The lowest BCUT2D eigenvalue weighted by molar-refractivity contribution is -0.138. The number of rotatable bonds is 3. The smallest absolute Gasteiger partial charge is 0.227 e. The SMILES string of the molecule is CC1CN(C(=O)C2CCCN(Cc3cccc(F)c3)C2)CCN1. The number of carbonyl (C=O) groups is 1. The molecular weight excluding hydrogens is 293 g/mol. The number of nitrogens with zero attached hydrogens (tertiary/aromatic N) is 2. The minimum absolute atomic E-state index is 0.0857. The van der Waals surface area contributed by atoms with Gasteiger partial charge in [0.2, 0.25) is 5.91 Å². The van der Waals surface area contributed by atoms with Crippen LogP contribution in [0, 0.1) is 11.7 Å². The van der Waals surface area contributed by atoms with Crippen LogP contribution in [-0.4, -0.2) is 54.5 Å². The van der Waals surface area contributed by atoms with Crippen LogP contribution >= 0.6 is 0 Å². The lowest BCUT2D eigenvalue weighted by atomic mass is 9.95. The molecule has 2 saturated heterocycles. The summed E-state index contributed by atoms with van der Waals surface area (Å²) in [5, 5.41) is 3.38. The lowest BCUT2D eigenvalue weighted by Gasteiger charge is -2.38. The van der Waals surface area contributed by atoms with Crippen molar-refractivity contribution in [1.82, 2.24) is 15.1 Å². The summed E-state index contributed by atoms with van der Waals surface area (Å²) in [5.41, 5.74) is 0.980. The summed E-state index contributed by atoms with van der Waals surface area (Å²) < 4.78 is 13.3. The highest BCUT2D eigenvalue weighted by molar-refractivity contribution is 5.79. The van der Waals surface area contributed by atoms with E-state index in [1.165, 1.54) is 6.07 Å². The molecule has 1 aromatic carbocycles. The molecule has 2 aliphatic heterocycles. The number of piperazine rings is 1. The van der Waals surface area contributed by atoms with Crippen LogP contribution in [0.25, 0.3) is 0 Å². The Labute approximate surface area is 137 Å². The van der Waals surface area contributed by atoms with Gasteiger partial charge >= 0.3 is 0 Å². The molecule has 0 bridgehead atoms. The number of nitrogens with one attached hydrogen (secondary N) is 1. The molecule has 2 fully saturated rings. The second-order valence-corrected chi connectivity index (χ2v) is 6.84. The number of benzene rings is 1. The Kier molecular flexibility index (Phi) is 5.28. The Balaban J connectivity index is 1.58. The standard InChI is InChI=1S/C18H26FN3O/c1-14-11-22(9-7-20-14)18(23)16-5-3-8-21(13-16)12-15-4-2-6-17(19)10-15/h2,4,6,10,14,16,20H,3,5,7-9,11-13H2,1H3. The molecule has 3 rings (SSSR count). The van der Waals surface area contributed by atoms with Crippen molar-refractivity contribution < 1.29 is 9.18 Å². The molecule has 0 radical (unpaired) electrons. The summed E-state index contributed by atoms with van der Waals surface area (Å²) >= 11 is 0. The van der Waals surface area contributed by atoms with E-state index < -0.39 is 0 Å². The zero-order valence-electron chi connectivity index (χ0n) is 13.8. The van der Waals surface area contributed by atoms with Crippen molar-refractivity contribution >= 4 is 5.91 Å². The number of likely N-dealkylation sites (tertiary alicyclic amines) is 1. The number of halogens is 1. The Morgan fingerprint density at radius 1 is 1.35 bits per heavy atom. The van der Waals surface area contributed by atoms with E-state index in [2.05, 4.69) is 17.1 Å². The van der Waals surface area contributed by atoms with E-state index >= 15 is 0 Å². The average molecular weight is 319 g/mol. The van der Waals surface area contributed by atoms with Gasteiger partial charge in [0.05, 0.1) is 5.92 Å². The molecule has 0 spiro atoms. The quantitative estimate of drug-likeness (QED) is 0.924. The molecular formula is C18H26FN3O. The minimum Gasteiger partial charge on any atom is -0.340 e. The predicted octanol–water partition coefficient (Wildman–Crippen LogP) is 1.86. The van der Waals surface area contributed by atoms with Gasteiger partial charge in [0.25, 0.3) is 0 Å². The number of carbonyl (C=O) groups excluding carboxylic acids is 1. The van der Waals surface area contributed by atoms with Crippen LogP contribution in [0.4, 0.5) is 4.39 Å². The molecule has 0 saturated carbocycles. The first-order valence-corrected chi connectivity index (χ1v) is 8.61. The highest BCUT2D eigenvalue weighted by Gasteiger charge is 2.30. The van der Waals surface area contributed by atoms with Crippen molar-refractivity contribution in [2.24, 2.45) is 5.92 Å². The molecule has 1 aromatic rings. The van der Waals surface area contributed by atoms with Crippen molar-refractivity contribution in [3.63, 3.8) is 0 Å². The first-order chi connectivity index (χ1) is 11.1. The summed E-state index contributed by atoms with van der Waals surface area (Å²) in [6, 6.07) is 7.13. The van der Waals surface area contributed by atoms with Crippen LogP contribution in [0.2, 0.25) is 0 Å². The fraction of sp³-hybridized carbons (Fsp3) is 0.611. The van der Waals surface area contributed by atoms with Gasteiger partial charge in [0.15, 0.2) is 0 Å². The molecule has 126 valence electrons. The molecule has 0 aliphatic carbocycles. The minimum atomic E-state index is -0.193. The molecule has 2 unspecified atom stereocenters. The lowest BCUT2D eigenvalue weighted by Crippen LogP contribution is -2.54. The van der Waals surface area contributed by atoms with Gasteiger partial charge < -0.3 is 10.2 Å². The summed E-state index contributed by atoms with van der Waals surface area (Å²) in [7, 11) is 0. The number of hydrogen-bond acceptors (Lipinski definition) is 3. The van der Waals surface area contributed by atoms with Gasteiger partial charge in [-0.2, -0.15) is 0 Å². The maximum atomic E-state index is 13.3. The Morgan fingerprint density at radius 2 is 2.22 bits per heavy atom. The summed E-state index contributed by atoms with van der Waals surface area (Å²) in [4.78, 5) is 17.1. The van der Waals surface area contributed by atoms with E-state index in [1.807, 2.05) is 11.0 Å². The van der Waals surface area contributed by atoms with Crippen LogP contribution in [0.5, 0.6) is 0 Å². The van der Waals surface area contributed by atoms with E-state index in [1.54, 1.807) is 12.1 Å². The fourth-order valence-corrected chi connectivity index (χ4v) is 3.68. The third kappa shape index (κ3) is 4.30. The van der Waals surface area contributed by atoms with Gasteiger partial charge in [-0.1, -0.05) is 12.1 Å². The Hall–Kier alpha value is -1.46. The van der Waals surface area contributed by atoms with Crippen molar-refractivity contribution in [2.75, 3.05) is 32.7 Å². The van der Waals surface area contributed by atoms with Crippen LogP contribution < -0.4 is 5.32 Å². The van der Waals surface area contributed by atoms with Crippen molar-refractivity contribution in [2.45, 2.75) is 32.4 Å². The topological polar surface area (TPSA) is 35.6 Å². The molecule has 1 amide bonds. The van der Waals surface area contributed by atoms with Gasteiger partial charge in [0.1, 0.15) is 5.82 Å². The Bertz CT molecular complexity index is 551. The summed E-state index contributed by atoms with van der Waals surface area (Å²) in [6.45, 7) is 7.11. The first kappa shape index (κ1) is 16.4. The van der Waals surface area contributed by atoms with Crippen molar-refractivity contribution in [1.29, 1.82) is 0 Å². The van der Waals surface area contributed by atoms with Crippen molar-refractivity contribution in [3.8, 4) is 0 Å². The van der Waals surface area contributed by atoms with E-state index in [9.17, 15) is 9.18 Å². The molecule has 23 heavy (non-hydrogen) atoms. The third-order valence-corrected chi connectivity index (χ3v) is 4.83. The van der Waals surface area contributed by atoms with Crippen LogP contribution in [0.3, 0.4) is 0 Å². The van der Waals surface area contributed by atoms with Crippen molar-refractivity contribution in [3.05, 3.63) is 35.6 Å². The zero-order valence-corrected chi connectivity index (χ0v) is 13.8. The zero-order chi connectivity index (χ0) is 16.2. The first-order valence-electron chi connectivity index (χ1n) is 8.61. The number of hydrogen-bond donors (Lipinski definition) is 1. The molecule has 1 N–H and O–H groups in total. The van der Waals surface area contributed by atoms with Crippen LogP contribution in [-0.2, 0) is 11.3 Å². The Morgan fingerprint density at radius 3 is 3.00 bits per heavy atom. The monoisotopic (exact) mass is 319 g/mol.